The zero-order valence-corrected chi connectivity index (χ0v) is 12.7. The standard InChI is InChI=1S/C16H23N3O/c1-9-5-10(2)18-8-13(9)16(3,4)19-15(20)14-11-6-17-7-12(11)14/h5,8,11-12,14,17H,6-7H2,1-4H3,(H,19,20). The number of rotatable bonds is 3. The summed E-state index contributed by atoms with van der Waals surface area (Å²) in [6.07, 6.45) is 1.89. The van der Waals surface area contributed by atoms with Gasteiger partial charge in [-0.05, 0) is 69.8 Å². The highest BCUT2D eigenvalue weighted by atomic mass is 16.2. The van der Waals surface area contributed by atoms with Gasteiger partial charge in [0, 0.05) is 17.8 Å². The number of carbonyl (C=O) groups excluding carboxylic acids is 1. The summed E-state index contributed by atoms with van der Waals surface area (Å²) in [4.78, 5) is 16.8. The number of nitrogens with one attached hydrogen (secondary N) is 2. The Balaban J connectivity index is 1.73. The summed E-state index contributed by atoms with van der Waals surface area (Å²) in [5.74, 6) is 1.53. The first-order valence-electron chi connectivity index (χ1n) is 7.36. The SMILES string of the molecule is Cc1cc(C)c(C(C)(C)NC(=O)C2C3CNCC32)cn1. The van der Waals surface area contributed by atoms with Crippen molar-refractivity contribution in [3.05, 3.63) is 29.1 Å². The van der Waals surface area contributed by atoms with Crippen molar-refractivity contribution in [2.75, 3.05) is 13.1 Å². The molecule has 1 aliphatic carbocycles. The lowest BCUT2D eigenvalue weighted by atomic mass is 9.91. The lowest BCUT2D eigenvalue weighted by molar-refractivity contribution is -0.124. The van der Waals surface area contributed by atoms with E-state index in [4.69, 9.17) is 0 Å². The van der Waals surface area contributed by atoms with E-state index in [1.165, 1.54) is 5.56 Å². The van der Waals surface area contributed by atoms with Crippen LogP contribution in [0.2, 0.25) is 0 Å². The van der Waals surface area contributed by atoms with Gasteiger partial charge < -0.3 is 10.6 Å². The molecule has 2 aliphatic rings. The molecule has 108 valence electrons. The van der Waals surface area contributed by atoms with E-state index in [9.17, 15) is 4.79 Å². The zero-order chi connectivity index (χ0) is 14.5. The summed E-state index contributed by atoms with van der Waals surface area (Å²) in [7, 11) is 0. The maximum Gasteiger partial charge on any atom is 0.224 e. The van der Waals surface area contributed by atoms with Gasteiger partial charge in [-0.1, -0.05) is 0 Å². The number of hydrogen-bond acceptors (Lipinski definition) is 3. The third-order valence-electron chi connectivity index (χ3n) is 4.75. The van der Waals surface area contributed by atoms with Crippen molar-refractivity contribution in [1.29, 1.82) is 0 Å². The van der Waals surface area contributed by atoms with Gasteiger partial charge in [0.1, 0.15) is 0 Å². The van der Waals surface area contributed by atoms with Crippen LogP contribution in [-0.4, -0.2) is 24.0 Å². The Morgan fingerprint density at radius 3 is 2.60 bits per heavy atom. The van der Waals surface area contributed by atoms with Crippen LogP contribution in [0.3, 0.4) is 0 Å². The first-order valence-corrected chi connectivity index (χ1v) is 7.36. The first-order chi connectivity index (χ1) is 9.40. The second-order valence-corrected chi connectivity index (χ2v) is 6.77. The molecule has 1 saturated heterocycles. The Morgan fingerprint density at radius 2 is 2.00 bits per heavy atom. The second kappa shape index (κ2) is 4.55. The fraction of sp³-hybridized carbons (Fsp3) is 0.625. The van der Waals surface area contributed by atoms with E-state index in [0.29, 0.717) is 11.8 Å². The number of aryl methyl sites for hydroxylation is 2. The average Bonchev–Trinajstić information content (AvgIpc) is 2.83. The van der Waals surface area contributed by atoms with Gasteiger partial charge in [0.25, 0.3) is 0 Å². The van der Waals surface area contributed by atoms with Crippen molar-refractivity contribution in [3.8, 4) is 0 Å². The average molecular weight is 273 g/mol. The van der Waals surface area contributed by atoms with E-state index >= 15 is 0 Å². The Labute approximate surface area is 120 Å². The van der Waals surface area contributed by atoms with Crippen LogP contribution in [0, 0.1) is 31.6 Å². The molecule has 1 aromatic heterocycles. The molecule has 2 N–H and O–H groups in total. The monoisotopic (exact) mass is 273 g/mol. The summed E-state index contributed by atoms with van der Waals surface area (Å²) in [5, 5.41) is 6.54. The highest BCUT2D eigenvalue weighted by molar-refractivity contribution is 5.83. The third-order valence-corrected chi connectivity index (χ3v) is 4.75. The molecule has 2 unspecified atom stereocenters. The van der Waals surface area contributed by atoms with Crippen LogP contribution < -0.4 is 10.6 Å². The highest BCUT2D eigenvalue weighted by Gasteiger charge is 2.57. The quantitative estimate of drug-likeness (QED) is 0.878. The predicted octanol–water partition coefficient (Wildman–Crippen LogP) is 1.52. The largest absolute Gasteiger partial charge is 0.347 e. The molecule has 0 bridgehead atoms. The lowest BCUT2D eigenvalue weighted by Crippen LogP contribution is -2.43. The van der Waals surface area contributed by atoms with Crippen molar-refractivity contribution < 1.29 is 4.79 Å². The van der Waals surface area contributed by atoms with Crippen molar-refractivity contribution in [2.24, 2.45) is 17.8 Å². The molecule has 4 heteroatoms. The van der Waals surface area contributed by atoms with Gasteiger partial charge in [0.15, 0.2) is 0 Å². The van der Waals surface area contributed by atoms with Crippen LogP contribution >= 0.6 is 0 Å². The zero-order valence-electron chi connectivity index (χ0n) is 12.7. The summed E-state index contributed by atoms with van der Waals surface area (Å²) >= 11 is 0. The molecule has 1 aromatic rings. The van der Waals surface area contributed by atoms with E-state index in [2.05, 4.69) is 42.5 Å². The van der Waals surface area contributed by atoms with Crippen LogP contribution in [0.25, 0.3) is 0 Å². The molecule has 20 heavy (non-hydrogen) atoms. The molecule has 4 nitrogen and oxygen atoms in total. The minimum Gasteiger partial charge on any atom is -0.347 e. The van der Waals surface area contributed by atoms with Crippen LogP contribution in [0.1, 0.15) is 30.7 Å². The third kappa shape index (κ3) is 2.22. The van der Waals surface area contributed by atoms with E-state index in [-0.39, 0.29) is 17.4 Å². The van der Waals surface area contributed by atoms with E-state index in [1.54, 1.807) is 0 Å². The first kappa shape index (κ1) is 13.6. The number of hydrogen-bond donors (Lipinski definition) is 2. The van der Waals surface area contributed by atoms with Gasteiger partial charge in [0.2, 0.25) is 5.91 Å². The summed E-state index contributed by atoms with van der Waals surface area (Å²) in [6.45, 7) is 10.2. The predicted molar refractivity (Wildman–Crippen MR) is 78.2 cm³/mol. The van der Waals surface area contributed by atoms with Crippen LogP contribution in [-0.2, 0) is 10.3 Å². The van der Waals surface area contributed by atoms with Crippen LogP contribution in [0.5, 0.6) is 0 Å². The Kier molecular flexibility index (Phi) is 3.09. The Morgan fingerprint density at radius 1 is 1.35 bits per heavy atom. The number of fused-ring (bicyclic) bond motifs is 1. The summed E-state index contributed by atoms with van der Waals surface area (Å²) < 4.78 is 0. The van der Waals surface area contributed by atoms with Crippen molar-refractivity contribution in [2.45, 2.75) is 33.2 Å². The van der Waals surface area contributed by atoms with Gasteiger partial charge in [-0.3, -0.25) is 9.78 Å². The fourth-order valence-corrected chi connectivity index (χ4v) is 3.62. The second-order valence-electron chi connectivity index (χ2n) is 6.77. The molecule has 1 saturated carbocycles. The number of nitrogens with zero attached hydrogens (tertiary/aromatic N) is 1. The van der Waals surface area contributed by atoms with Gasteiger partial charge >= 0.3 is 0 Å². The minimum atomic E-state index is -0.369. The topological polar surface area (TPSA) is 54.0 Å². The molecular weight excluding hydrogens is 250 g/mol. The van der Waals surface area contributed by atoms with Crippen molar-refractivity contribution >= 4 is 5.91 Å². The normalized spacial score (nSPS) is 28.1. The van der Waals surface area contributed by atoms with E-state index in [1.807, 2.05) is 13.1 Å². The maximum atomic E-state index is 12.4. The molecule has 2 heterocycles. The Hall–Kier alpha value is -1.42. The Bertz CT molecular complexity index is 543. The number of carbonyl (C=O) groups is 1. The molecule has 1 amide bonds. The smallest absolute Gasteiger partial charge is 0.224 e. The minimum absolute atomic E-state index is 0.200. The molecule has 0 aromatic carbocycles. The van der Waals surface area contributed by atoms with E-state index in [0.717, 1.165) is 24.3 Å². The number of piperidine rings is 1. The molecule has 0 spiro atoms. The molecule has 2 fully saturated rings. The van der Waals surface area contributed by atoms with Gasteiger partial charge in [-0.25, -0.2) is 0 Å². The summed E-state index contributed by atoms with van der Waals surface area (Å²) in [5.41, 5.74) is 2.92. The number of aromatic nitrogens is 1. The lowest BCUT2D eigenvalue weighted by Gasteiger charge is -2.28. The van der Waals surface area contributed by atoms with Gasteiger partial charge in [0.05, 0.1) is 5.54 Å². The molecule has 1 aliphatic heterocycles. The summed E-state index contributed by atoms with van der Waals surface area (Å²) in [6, 6.07) is 2.07. The molecule has 3 rings (SSSR count). The molecule has 2 atom stereocenters. The van der Waals surface area contributed by atoms with Crippen LogP contribution in [0.15, 0.2) is 12.3 Å². The fourth-order valence-electron chi connectivity index (χ4n) is 3.62. The molecule has 0 radical (unpaired) electrons. The number of amides is 1. The number of pyridine rings is 1. The maximum absolute atomic E-state index is 12.4. The van der Waals surface area contributed by atoms with Crippen molar-refractivity contribution in [3.63, 3.8) is 0 Å². The van der Waals surface area contributed by atoms with Crippen LogP contribution in [0.4, 0.5) is 0 Å². The highest BCUT2D eigenvalue weighted by Crippen LogP contribution is 2.49. The molecular formula is C16H23N3O. The van der Waals surface area contributed by atoms with Gasteiger partial charge in [-0.2, -0.15) is 0 Å². The van der Waals surface area contributed by atoms with Gasteiger partial charge in [-0.15, -0.1) is 0 Å². The van der Waals surface area contributed by atoms with E-state index < -0.39 is 0 Å². The van der Waals surface area contributed by atoms with Crippen molar-refractivity contribution in [1.82, 2.24) is 15.6 Å².